The number of rotatable bonds is 3. The molecule has 0 aromatic carbocycles. The standard InChI is InChI=1S/C12H10Cl2N4OS2/c1-21(2,7-19)18-8-3-4-15-12(11(8)14)20-10-6-16-9(13)5-17-10/h3-6H,1-2H3. The van der Waals surface area contributed by atoms with Crippen molar-refractivity contribution >= 4 is 55.3 Å². The van der Waals surface area contributed by atoms with Crippen molar-refractivity contribution in [3.05, 3.63) is 34.8 Å². The first kappa shape index (κ1) is 16.3. The van der Waals surface area contributed by atoms with Gasteiger partial charge in [-0.05, 0) is 30.3 Å². The second-order valence-electron chi connectivity index (χ2n) is 4.18. The molecule has 0 spiro atoms. The first-order chi connectivity index (χ1) is 9.91. The Morgan fingerprint density at radius 3 is 2.62 bits per heavy atom. The van der Waals surface area contributed by atoms with Crippen molar-refractivity contribution in [1.29, 1.82) is 0 Å². The van der Waals surface area contributed by atoms with Crippen LogP contribution in [-0.4, -0.2) is 32.7 Å². The van der Waals surface area contributed by atoms with Crippen LogP contribution in [0.1, 0.15) is 0 Å². The average Bonchev–Trinajstić information content (AvgIpc) is 2.45. The van der Waals surface area contributed by atoms with Gasteiger partial charge in [0.1, 0.15) is 15.2 Å². The quantitative estimate of drug-likeness (QED) is 0.781. The monoisotopic (exact) mass is 360 g/mol. The van der Waals surface area contributed by atoms with Gasteiger partial charge in [-0.3, -0.25) is 0 Å². The Hall–Kier alpha value is -1.11. The van der Waals surface area contributed by atoms with Gasteiger partial charge in [-0.2, -0.15) is 0 Å². The predicted octanol–water partition coefficient (Wildman–Crippen LogP) is 3.63. The van der Waals surface area contributed by atoms with Crippen LogP contribution in [0.4, 0.5) is 5.69 Å². The lowest BCUT2D eigenvalue weighted by atomic mass is 10.4. The van der Waals surface area contributed by atoms with Gasteiger partial charge in [-0.1, -0.05) is 32.6 Å². The summed E-state index contributed by atoms with van der Waals surface area (Å²) in [5.74, 6) is 0. The Morgan fingerprint density at radius 1 is 1.24 bits per heavy atom. The first-order valence-corrected chi connectivity index (χ1v) is 9.54. The summed E-state index contributed by atoms with van der Waals surface area (Å²) in [5, 5.41) is 3.77. The molecule has 0 aliphatic rings. The van der Waals surface area contributed by atoms with E-state index < -0.39 is 9.41 Å². The minimum absolute atomic E-state index is 0.314. The Morgan fingerprint density at radius 2 is 2.00 bits per heavy atom. The van der Waals surface area contributed by atoms with Crippen LogP contribution < -0.4 is 0 Å². The van der Waals surface area contributed by atoms with E-state index in [-0.39, 0.29) is 0 Å². The number of aromatic nitrogens is 3. The summed E-state index contributed by atoms with van der Waals surface area (Å²) in [6.07, 6.45) is 8.02. The lowest BCUT2D eigenvalue weighted by Crippen LogP contribution is -1.92. The highest BCUT2D eigenvalue weighted by Gasteiger charge is 2.10. The summed E-state index contributed by atoms with van der Waals surface area (Å²) < 4.78 is 4.34. The molecule has 0 unspecified atom stereocenters. The van der Waals surface area contributed by atoms with Crippen LogP contribution in [0.15, 0.2) is 39.1 Å². The number of hydrogen-bond acceptors (Lipinski definition) is 6. The second kappa shape index (κ2) is 6.77. The summed E-state index contributed by atoms with van der Waals surface area (Å²) in [6.45, 7) is 0. The van der Waals surface area contributed by atoms with Crippen molar-refractivity contribution < 1.29 is 4.79 Å². The lowest BCUT2D eigenvalue weighted by molar-refractivity contribution is 0.571. The largest absolute Gasteiger partial charge is 0.248 e. The number of pyridine rings is 1. The van der Waals surface area contributed by atoms with Gasteiger partial charge in [0, 0.05) is 6.20 Å². The fourth-order valence-electron chi connectivity index (χ4n) is 1.27. The third-order valence-corrected chi connectivity index (χ3v) is 4.83. The molecule has 0 amide bonds. The number of hydrogen-bond donors (Lipinski definition) is 0. The minimum atomic E-state index is -1.84. The second-order valence-corrected chi connectivity index (χ2v) is 8.85. The van der Waals surface area contributed by atoms with E-state index >= 15 is 0 Å². The van der Waals surface area contributed by atoms with Gasteiger partial charge in [0.05, 0.1) is 23.1 Å². The normalized spacial score (nSPS) is 11.0. The molecule has 5 nitrogen and oxygen atoms in total. The highest BCUT2D eigenvalue weighted by Crippen LogP contribution is 2.36. The molecule has 2 aromatic heterocycles. The van der Waals surface area contributed by atoms with Gasteiger partial charge in [0.2, 0.25) is 0 Å². The topological polar surface area (TPSA) is 68.1 Å². The van der Waals surface area contributed by atoms with Crippen molar-refractivity contribution in [3.63, 3.8) is 0 Å². The maximum Gasteiger partial charge on any atom is 0.166 e. The Bertz CT molecular complexity index is 803. The molecule has 0 aliphatic carbocycles. The molecule has 9 heteroatoms. The number of carbonyl (C=O) groups excluding carboxylic acids is 1. The fourth-order valence-corrected chi connectivity index (χ4v) is 3.09. The first-order valence-electron chi connectivity index (χ1n) is 5.56. The van der Waals surface area contributed by atoms with Crippen LogP contribution in [0, 0.1) is 0 Å². The molecular weight excluding hydrogens is 351 g/mol. The number of halogens is 2. The molecule has 0 atom stereocenters. The van der Waals surface area contributed by atoms with Crippen LogP contribution in [-0.2, 0) is 14.2 Å². The molecule has 2 rings (SSSR count). The van der Waals surface area contributed by atoms with Gasteiger partial charge in [0.15, 0.2) is 5.23 Å². The predicted molar refractivity (Wildman–Crippen MR) is 87.4 cm³/mol. The maximum absolute atomic E-state index is 10.9. The van der Waals surface area contributed by atoms with E-state index in [0.29, 0.717) is 25.9 Å². The third kappa shape index (κ3) is 4.43. The molecule has 0 saturated carbocycles. The van der Waals surface area contributed by atoms with Crippen LogP contribution in [0.3, 0.4) is 0 Å². The Labute approximate surface area is 136 Å². The molecule has 0 bridgehead atoms. The molecular formula is C12H10Cl2N4OS2. The van der Waals surface area contributed by atoms with Crippen molar-refractivity contribution in [2.45, 2.75) is 10.1 Å². The van der Waals surface area contributed by atoms with Crippen molar-refractivity contribution in [3.8, 4) is 0 Å². The summed E-state index contributed by atoms with van der Waals surface area (Å²) in [4.78, 5) is 23.1. The summed E-state index contributed by atoms with van der Waals surface area (Å²) >= 11 is 13.2. The van der Waals surface area contributed by atoms with E-state index in [1.807, 2.05) is 5.23 Å². The number of nitrogens with zero attached hydrogens (tertiary/aromatic N) is 4. The zero-order valence-corrected chi connectivity index (χ0v) is 14.2. The van der Waals surface area contributed by atoms with Crippen molar-refractivity contribution in [2.24, 2.45) is 4.36 Å². The van der Waals surface area contributed by atoms with Gasteiger partial charge < -0.3 is 0 Å². The summed E-state index contributed by atoms with van der Waals surface area (Å²) in [6, 6.07) is 1.66. The molecule has 0 radical (unpaired) electrons. The molecule has 21 heavy (non-hydrogen) atoms. The average molecular weight is 361 g/mol. The van der Waals surface area contributed by atoms with Crippen LogP contribution in [0.5, 0.6) is 0 Å². The lowest BCUT2D eigenvalue weighted by Gasteiger charge is -2.06. The van der Waals surface area contributed by atoms with Gasteiger partial charge in [0.25, 0.3) is 0 Å². The zero-order chi connectivity index (χ0) is 15.5. The van der Waals surface area contributed by atoms with E-state index in [2.05, 4.69) is 19.3 Å². The zero-order valence-electron chi connectivity index (χ0n) is 11.1. The van der Waals surface area contributed by atoms with Crippen molar-refractivity contribution in [1.82, 2.24) is 15.0 Å². The van der Waals surface area contributed by atoms with Crippen LogP contribution in [0.2, 0.25) is 10.2 Å². The molecule has 0 N–H and O–H groups in total. The molecule has 0 aliphatic heterocycles. The van der Waals surface area contributed by atoms with E-state index in [4.69, 9.17) is 23.2 Å². The van der Waals surface area contributed by atoms with Gasteiger partial charge >= 0.3 is 0 Å². The minimum Gasteiger partial charge on any atom is -0.248 e. The van der Waals surface area contributed by atoms with E-state index in [1.165, 1.54) is 24.2 Å². The van der Waals surface area contributed by atoms with Crippen LogP contribution >= 0.6 is 35.0 Å². The van der Waals surface area contributed by atoms with E-state index in [1.54, 1.807) is 24.8 Å². The Kier molecular flexibility index (Phi) is 5.24. The highest BCUT2D eigenvalue weighted by atomic mass is 35.5. The SMILES string of the molecule is CS(C)(=C=O)=Nc1ccnc(Sc2cnc(Cl)cn2)c1Cl. The summed E-state index contributed by atoms with van der Waals surface area (Å²) in [7, 11) is -1.84. The molecule has 0 fully saturated rings. The van der Waals surface area contributed by atoms with E-state index in [0.717, 1.165) is 0 Å². The highest BCUT2D eigenvalue weighted by molar-refractivity contribution is 8.01. The van der Waals surface area contributed by atoms with Gasteiger partial charge in [-0.15, -0.1) is 0 Å². The smallest absolute Gasteiger partial charge is 0.166 e. The van der Waals surface area contributed by atoms with Gasteiger partial charge in [-0.25, -0.2) is 24.1 Å². The third-order valence-electron chi connectivity index (χ3n) is 2.17. The molecule has 2 heterocycles. The Balaban J connectivity index is 2.41. The van der Waals surface area contributed by atoms with E-state index in [9.17, 15) is 4.79 Å². The molecule has 2 aromatic rings. The fraction of sp³-hybridized carbons (Fsp3) is 0.167. The summed E-state index contributed by atoms with van der Waals surface area (Å²) in [5.41, 5.74) is 0.513. The maximum atomic E-state index is 10.9. The molecule has 110 valence electrons. The molecule has 0 saturated heterocycles. The van der Waals surface area contributed by atoms with Crippen molar-refractivity contribution in [2.75, 3.05) is 12.5 Å². The van der Waals surface area contributed by atoms with Crippen LogP contribution in [0.25, 0.3) is 0 Å².